The van der Waals surface area contributed by atoms with Crippen LogP contribution in [0.25, 0.3) is 0 Å². The van der Waals surface area contributed by atoms with Gasteiger partial charge in [0.05, 0.1) is 24.9 Å². The Labute approximate surface area is 181 Å². The van der Waals surface area contributed by atoms with Gasteiger partial charge < -0.3 is 31.8 Å². The van der Waals surface area contributed by atoms with Gasteiger partial charge in [-0.15, -0.1) is 0 Å². The average molecular weight is 432 g/mol. The Morgan fingerprint density at radius 1 is 1.42 bits per heavy atom. The van der Waals surface area contributed by atoms with Gasteiger partial charge in [-0.1, -0.05) is 6.07 Å². The molecule has 0 radical (unpaired) electrons. The first-order valence-electron chi connectivity index (χ1n) is 10.0. The van der Waals surface area contributed by atoms with E-state index in [0.717, 1.165) is 24.4 Å². The maximum Gasteiger partial charge on any atom is 0.219 e. The standard InChI is InChI=1S/C20H25FN6O2.CH5N/c1-12(28)27-6-4-18(25-14-5-7-29-11-14)15(10-27)20(24)26-19-3-2-13(8-16(19)21)17(23)9-22;1-2/h2-3,8-9,14,22-23,25H,4-7,10-11H2,1H3,(H2,24,26);2H2,1H3. The molecule has 31 heavy (non-hydrogen) atoms. The van der Waals surface area contributed by atoms with Crippen molar-refractivity contribution in [3.63, 3.8) is 0 Å². The minimum Gasteiger partial charge on any atom is -0.383 e. The monoisotopic (exact) mass is 431 g/mol. The van der Waals surface area contributed by atoms with Crippen LogP contribution in [-0.2, 0) is 9.53 Å². The lowest BCUT2D eigenvalue weighted by molar-refractivity contribution is -0.128. The van der Waals surface area contributed by atoms with E-state index >= 15 is 0 Å². The zero-order chi connectivity index (χ0) is 23.0. The zero-order valence-corrected chi connectivity index (χ0v) is 17.9. The van der Waals surface area contributed by atoms with E-state index in [4.69, 9.17) is 21.3 Å². The second-order valence-electron chi connectivity index (χ2n) is 7.07. The fourth-order valence-corrected chi connectivity index (χ4v) is 3.37. The van der Waals surface area contributed by atoms with Crippen LogP contribution >= 0.6 is 0 Å². The number of hydrogen-bond donors (Lipinski definition) is 5. The summed E-state index contributed by atoms with van der Waals surface area (Å²) in [6.07, 6.45) is 2.35. The quantitative estimate of drug-likeness (QED) is 0.339. The molecule has 1 saturated heterocycles. The first-order chi connectivity index (χ1) is 14.9. The normalized spacial score (nSPS) is 18.9. The molecule has 10 heteroatoms. The molecule has 2 aliphatic rings. The van der Waals surface area contributed by atoms with Crippen molar-refractivity contribution in [2.75, 3.05) is 33.4 Å². The maximum absolute atomic E-state index is 14.5. The lowest BCUT2D eigenvalue weighted by Gasteiger charge is -2.31. The summed E-state index contributed by atoms with van der Waals surface area (Å²) in [6, 6.07) is 4.29. The van der Waals surface area contributed by atoms with Gasteiger partial charge in [-0.3, -0.25) is 10.2 Å². The summed E-state index contributed by atoms with van der Waals surface area (Å²) < 4.78 is 19.9. The van der Waals surface area contributed by atoms with E-state index in [1.165, 1.54) is 26.1 Å². The molecule has 0 aromatic heterocycles. The number of nitrogens with zero attached hydrogens (tertiary/aromatic N) is 2. The van der Waals surface area contributed by atoms with Gasteiger partial charge >= 0.3 is 0 Å². The van der Waals surface area contributed by atoms with E-state index in [2.05, 4.69) is 16.0 Å². The second-order valence-corrected chi connectivity index (χ2v) is 7.07. The summed E-state index contributed by atoms with van der Waals surface area (Å²) >= 11 is 0. The molecule has 0 spiro atoms. The van der Waals surface area contributed by atoms with Gasteiger partial charge in [0.1, 0.15) is 17.3 Å². The minimum absolute atomic E-state index is 0.0417. The van der Waals surface area contributed by atoms with Crippen LogP contribution in [0.4, 0.5) is 10.1 Å². The van der Waals surface area contributed by atoms with Gasteiger partial charge in [0.15, 0.2) is 0 Å². The van der Waals surface area contributed by atoms with Crippen molar-refractivity contribution in [3.05, 3.63) is 40.8 Å². The lowest BCUT2D eigenvalue weighted by Crippen LogP contribution is -2.43. The molecule has 1 fully saturated rings. The first-order valence-corrected chi connectivity index (χ1v) is 10.0. The van der Waals surface area contributed by atoms with Gasteiger partial charge in [0, 0.05) is 49.5 Å². The van der Waals surface area contributed by atoms with Gasteiger partial charge in [-0.2, -0.15) is 0 Å². The van der Waals surface area contributed by atoms with Crippen molar-refractivity contribution >= 4 is 29.4 Å². The highest BCUT2D eigenvalue weighted by Gasteiger charge is 2.26. The second kappa shape index (κ2) is 11.3. The molecule has 0 aliphatic carbocycles. The molecule has 1 amide bonds. The maximum atomic E-state index is 14.5. The number of aliphatic imine (C=N–C) groups is 1. The van der Waals surface area contributed by atoms with Crippen LogP contribution in [0.3, 0.4) is 0 Å². The highest BCUT2D eigenvalue weighted by atomic mass is 19.1. The summed E-state index contributed by atoms with van der Waals surface area (Å²) in [4.78, 5) is 17.8. The number of hydrogen-bond acceptors (Lipinski definition) is 7. The van der Waals surface area contributed by atoms with E-state index in [1.54, 1.807) is 4.90 Å². The van der Waals surface area contributed by atoms with Gasteiger partial charge in [0.25, 0.3) is 0 Å². The number of amides is 1. The predicted molar refractivity (Wildman–Crippen MR) is 120 cm³/mol. The molecular weight excluding hydrogens is 401 g/mol. The van der Waals surface area contributed by atoms with Crippen LogP contribution in [0.2, 0.25) is 0 Å². The summed E-state index contributed by atoms with van der Waals surface area (Å²) in [5, 5.41) is 18.2. The Kier molecular flexibility index (Phi) is 8.83. The number of carbonyl (C=O) groups excluding carboxylic acids is 1. The van der Waals surface area contributed by atoms with E-state index in [9.17, 15) is 9.18 Å². The van der Waals surface area contributed by atoms with Crippen LogP contribution in [-0.4, -0.2) is 68.0 Å². The predicted octanol–water partition coefficient (Wildman–Crippen LogP) is 1.29. The molecule has 1 atom stereocenters. The van der Waals surface area contributed by atoms with Crippen molar-refractivity contribution in [1.82, 2.24) is 10.2 Å². The smallest absolute Gasteiger partial charge is 0.219 e. The Hall–Kier alpha value is -3.11. The number of amidine groups is 1. The third-order valence-electron chi connectivity index (χ3n) is 5.05. The van der Waals surface area contributed by atoms with Crippen molar-refractivity contribution < 1.29 is 13.9 Å². The number of ether oxygens (including phenoxy) is 1. The minimum atomic E-state index is -0.629. The van der Waals surface area contributed by atoms with E-state index in [0.29, 0.717) is 43.9 Å². The van der Waals surface area contributed by atoms with Gasteiger partial charge in [0.2, 0.25) is 5.91 Å². The molecule has 2 heterocycles. The number of halogens is 1. The molecule has 0 bridgehead atoms. The first kappa shape index (κ1) is 24.2. The topological polar surface area (TPSA) is 154 Å². The Bertz CT molecular complexity index is 892. The summed E-state index contributed by atoms with van der Waals surface area (Å²) in [7, 11) is 1.50. The van der Waals surface area contributed by atoms with Gasteiger partial charge in [-0.05, 0) is 25.6 Å². The van der Waals surface area contributed by atoms with Crippen molar-refractivity contribution in [2.24, 2.45) is 16.5 Å². The molecule has 1 aromatic rings. The molecule has 3 rings (SSSR count). The Morgan fingerprint density at radius 3 is 2.74 bits per heavy atom. The molecule has 1 unspecified atom stereocenters. The summed E-state index contributed by atoms with van der Waals surface area (Å²) in [6.45, 7) is 3.70. The fourth-order valence-electron chi connectivity index (χ4n) is 3.37. The van der Waals surface area contributed by atoms with E-state index in [-0.39, 0.29) is 29.2 Å². The third kappa shape index (κ3) is 6.19. The number of nitrogens with one attached hydrogen (secondary N) is 3. The molecule has 2 aliphatic heterocycles. The van der Waals surface area contributed by atoms with Crippen LogP contribution in [0, 0.1) is 16.6 Å². The molecular formula is C21H30FN7O2. The van der Waals surface area contributed by atoms with Crippen LogP contribution in [0.5, 0.6) is 0 Å². The average Bonchev–Trinajstić information content (AvgIpc) is 3.29. The molecule has 0 saturated carbocycles. The molecule has 1 aromatic carbocycles. The highest BCUT2D eigenvalue weighted by molar-refractivity contribution is 6.35. The third-order valence-corrected chi connectivity index (χ3v) is 5.05. The summed E-state index contributed by atoms with van der Waals surface area (Å²) in [5.74, 6) is -0.541. The summed E-state index contributed by atoms with van der Waals surface area (Å²) in [5.41, 5.74) is 12.6. The molecule has 168 valence electrons. The van der Waals surface area contributed by atoms with Crippen molar-refractivity contribution in [1.29, 1.82) is 10.8 Å². The van der Waals surface area contributed by atoms with Crippen LogP contribution in [0.1, 0.15) is 25.3 Å². The van der Waals surface area contributed by atoms with E-state index in [1.807, 2.05) is 0 Å². The van der Waals surface area contributed by atoms with Crippen LogP contribution < -0.4 is 16.8 Å². The molecule has 9 nitrogen and oxygen atoms in total. The largest absolute Gasteiger partial charge is 0.383 e. The highest BCUT2D eigenvalue weighted by Crippen LogP contribution is 2.23. The number of benzene rings is 1. The number of nitrogens with two attached hydrogens (primary N) is 2. The Morgan fingerprint density at radius 2 is 2.16 bits per heavy atom. The van der Waals surface area contributed by atoms with Gasteiger partial charge in [-0.25, -0.2) is 9.38 Å². The van der Waals surface area contributed by atoms with Crippen molar-refractivity contribution in [3.8, 4) is 0 Å². The zero-order valence-electron chi connectivity index (χ0n) is 17.9. The SMILES string of the molecule is CC(=O)N1CCC(NC2CCOC2)=C(C(N)=Nc2ccc(C(=N)C=N)cc2F)C1.CN. The fraction of sp³-hybridized carbons (Fsp3) is 0.429. The molecule has 7 N–H and O–H groups in total. The lowest BCUT2D eigenvalue weighted by atomic mass is 10.0. The number of rotatable bonds is 6. The van der Waals surface area contributed by atoms with Crippen LogP contribution in [0.15, 0.2) is 34.5 Å². The number of carbonyl (C=O) groups is 1. The Balaban J connectivity index is 0.00000166. The van der Waals surface area contributed by atoms with Crippen molar-refractivity contribution in [2.45, 2.75) is 25.8 Å². The van der Waals surface area contributed by atoms with E-state index < -0.39 is 5.82 Å².